The van der Waals surface area contributed by atoms with Crippen molar-refractivity contribution in [2.45, 2.75) is 31.7 Å². The quantitative estimate of drug-likeness (QED) is 0.739. The van der Waals surface area contributed by atoms with Crippen LogP contribution in [0.1, 0.15) is 25.7 Å². The van der Waals surface area contributed by atoms with Gasteiger partial charge in [0.05, 0.1) is 0 Å². The van der Waals surface area contributed by atoms with Crippen LogP contribution in [-0.4, -0.2) is 36.2 Å². The number of carbonyl (C=O) groups is 2. The fourth-order valence-corrected chi connectivity index (χ4v) is 4.53. The number of aliphatic hydroxyl groups is 1. The van der Waals surface area contributed by atoms with E-state index in [1.54, 1.807) is 4.90 Å². The van der Waals surface area contributed by atoms with Gasteiger partial charge in [0.15, 0.2) is 0 Å². The first-order chi connectivity index (χ1) is 11.7. The van der Waals surface area contributed by atoms with Crippen LogP contribution in [0.5, 0.6) is 0 Å². The third-order valence-electron chi connectivity index (χ3n) is 5.88. The lowest BCUT2D eigenvalue weighted by atomic mass is 9.85. The Morgan fingerprint density at radius 1 is 1.21 bits per heavy atom. The molecule has 1 aromatic carbocycles. The molecule has 4 rings (SSSR count). The van der Waals surface area contributed by atoms with Gasteiger partial charge in [-0.3, -0.25) is 4.79 Å². The number of nitrogens with zero attached hydrogens (tertiary/aromatic N) is 1. The molecule has 1 aliphatic heterocycles. The van der Waals surface area contributed by atoms with Crippen molar-refractivity contribution in [3.8, 4) is 0 Å². The summed E-state index contributed by atoms with van der Waals surface area (Å²) in [6, 6.07) is 7.17. The number of rotatable bonds is 4. The van der Waals surface area contributed by atoms with Gasteiger partial charge in [0.1, 0.15) is 0 Å². The molecule has 3 aliphatic rings. The van der Waals surface area contributed by atoms with Crippen LogP contribution in [0.4, 0.5) is 16.2 Å². The number of fused-ring (bicyclic) bond motifs is 2. The van der Waals surface area contributed by atoms with Crippen LogP contribution < -0.4 is 15.5 Å². The van der Waals surface area contributed by atoms with Crippen molar-refractivity contribution in [1.29, 1.82) is 0 Å². The first-order valence-electron chi connectivity index (χ1n) is 8.74. The lowest BCUT2D eigenvalue weighted by Gasteiger charge is -2.31. The fourth-order valence-electron chi connectivity index (χ4n) is 4.53. The maximum Gasteiger partial charge on any atom is 0.319 e. The molecule has 6 nitrogen and oxygen atoms in total. The summed E-state index contributed by atoms with van der Waals surface area (Å²) in [6.07, 6.45) is 4.05. The highest BCUT2D eigenvalue weighted by molar-refractivity contribution is 5.99. The maximum atomic E-state index is 12.3. The number of carbonyl (C=O) groups excluding carboxylic acids is 2. The molecule has 3 fully saturated rings. The standard InChI is InChI=1S/C18H23N3O3/c22-10-15-11-1-2-12(9-11)17(15)20-18(24)19-13-3-5-14(6-4-13)21-8-7-16(21)23/h3-6,11-12,15,17,22H,1-2,7-10H2,(H2,19,20,24)/t11-,12-,15+,17+/m0/s1. The highest BCUT2D eigenvalue weighted by atomic mass is 16.3. The molecule has 0 aromatic heterocycles. The van der Waals surface area contributed by atoms with Crippen LogP contribution in [0.2, 0.25) is 0 Å². The van der Waals surface area contributed by atoms with E-state index in [4.69, 9.17) is 0 Å². The normalized spacial score (nSPS) is 31.0. The Kier molecular flexibility index (Phi) is 3.92. The average molecular weight is 329 g/mol. The molecule has 0 radical (unpaired) electrons. The van der Waals surface area contributed by atoms with E-state index < -0.39 is 0 Å². The summed E-state index contributed by atoms with van der Waals surface area (Å²) < 4.78 is 0. The van der Waals surface area contributed by atoms with E-state index >= 15 is 0 Å². The van der Waals surface area contributed by atoms with Crippen LogP contribution in [0.15, 0.2) is 24.3 Å². The Morgan fingerprint density at radius 2 is 1.96 bits per heavy atom. The number of hydrogen-bond donors (Lipinski definition) is 3. The van der Waals surface area contributed by atoms with Crippen molar-refractivity contribution in [3.63, 3.8) is 0 Å². The molecule has 1 heterocycles. The predicted octanol–water partition coefficient (Wildman–Crippen LogP) is 1.95. The third kappa shape index (κ3) is 2.65. The van der Waals surface area contributed by atoms with Gasteiger partial charge in [-0.25, -0.2) is 4.79 Å². The minimum atomic E-state index is -0.223. The van der Waals surface area contributed by atoms with Crippen molar-refractivity contribution < 1.29 is 14.7 Å². The predicted molar refractivity (Wildman–Crippen MR) is 90.8 cm³/mol. The lowest BCUT2D eigenvalue weighted by Crippen LogP contribution is -2.46. The monoisotopic (exact) mass is 329 g/mol. The highest BCUT2D eigenvalue weighted by Crippen LogP contribution is 2.48. The Hall–Kier alpha value is -2.08. The van der Waals surface area contributed by atoms with Gasteiger partial charge in [0.2, 0.25) is 5.91 Å². The molecule has 4 atom stereocenters. The zero-order chi connectivity index (χ0) is 16.7. The second kappa shape index (κ2) is 6.09. The van der Waals surface area contributed by atoms with Gasteiger partial charge in [-0.05, 0) is 55.4 Å². The van der Waals surface area contributed by atoms with Gasteiger partial charge in [0, 0.05) is 42.9 Å². The van der Waals surface area contributed by atoms with Crippen LogP contribution in [-0.2, 0) is 4.79 Å². The minimum Gasteiger partial charge on any atom is -0.396 e. The second-order valence-corrected chi connectivity index (χ2v) is 7.15. The molecule has 1 saturated heterocycles. The van der Waals surface area contributed by atoms with Crippen LogP contribution >= 0.6 is 0 Å². The molecule has 3 N–H and O–H groups in total. The first kappa shape index (κ1) is 15.4. The zero-order valence-corrected chi connectivity index (χ0v) is 13.6. The Bertz CT molecular complexity index is 645. The molecule has 0 unspecified atom stereocenters. The van der Waals surface area contributed by atoms with Crippen molar-refractivity contribution in [3.05, 3.63) is 24.3 Å². The number of urea groups is 1. The van der Waals surface area contributed by atoms with Gasteiger partial charge >= 0.3 is 6.03 Å². The number of nitrogens with one attached hydrogen (secondary N) is 2. The van der Waals surface area contributed by atoms with Crippen LogP contribution in [0, 0.1) is 17.8 Å². The number of β-lactam (4-membered cyclic amide) rings is 1. The summed E-state index contributed by atoms with van der Waals surface area (Å²) in [5, 5.41) is 15.5. The number of amides is 3. The van der Waals surface area contributed by atoms with Crippen molar-refractivity contribution in [2.75, 3.05) is 23.4 Å². The Balaban J connectivity index is 1.35. The summed E-state index contributed by atoms with van der Waals surface area (Å²) in [7, 11) is 0. The highest BCUT2D eigenvalue weighted by Gasteiger charge is 2.47. The van der Waals surface area contributed by atoms with Gasteiger partial charge < -0.3 is 20.6 Å². The van der Waals surface area contributed by atoms with Crippen LogP contribution in [0.25, 0.3) is 0 Å². The van der Waals surface area contributed by atoms with Crippen molar-refractivity contribution >= 4 is 23.3 Å². The maximum absolute atomic E-state index is 12.3. The van der Waals surface area contributed by atoms with Gasteiger partial charge in [-0.1, -0.05) is 0 Å². The molecule has 128 valence electrons. The topological polar surface area (TPSA) is 81.7 Å². The molecule has 2 saturated carbocycles. The zero-order valence-electron chi connectivity index (χ0n) is 13.6. The molecule has 24 heavy (non-hydrogen) atoms. The molecule has 0 spiro atoms. The molecular formula is C18H23N3O3. The SMILES string of the molecule is O=C(Nc1ccc(N2CCC2=O)cc1)N[C@@H]1[C@H]2CC[C@@H](C2)[C@H]1CO. The largest absolute Gasteiger partial charge is 0.396 e. The summed E-state index contributed by atoms with van der Waals surface area (Å²) in [5.41, 5.74) is 1.57. The summed E-state index contributed by atoms with van der Waals surface area (Å²) in [4.78, 5) is 25.4. The van der Waals surface area contributed by atoms with Crippen molar-refractivity contribution in [1.82, 2.24) is 5.32 Å². The number of anilines is 2. The van der Waals surface area contributed by atoms with E-state index in [0.717, 1.165) is 25.1 Å². The lowest BCUT2D eigenvalue weighted by molar-refractivity contribution is -0.122. The molecular weight excluding hydrogens is 306 g/mol. The van der Waals surface area contributed by atoms with Gasteiger partial charge in [-0.15, -0.1) is 0 Å². The van der Waals surface area contributed by atoms with E-state index in [1.165, 1.54) is 6.42 Å². The number of hydrogen-bond acceptors (Lipinski definition) is 3. The molecule has 6 heteroatoms. The fraction of sp³-hybridized carbons (Fsp3) is 0.556. The summed E-state index contributed by atoms with van der Waals surface area (Å²) >= 11 is 0. The van der Waals surface area contributed by atoms with Gasteiger partial charge in [0.25, 0.3) is 0 Å². The van der Waals surface area contributed by atoms with Crippen molar-refractivity contribution in [2.24, 2.45) is 17.8 Å². The van der Waals surface area contributed by atoms with E-state index in [9.17, 15) is 14.7 Å². The third-order valence-corrected chi connectivity index (χ3v) is 5.88. The van der Waals surface area contributed by atoms with E-state index in [0.29, 0.717) is 23.9 Å². The van der Waals surface area contributed by atoms with E-state index in [2.05, 4.69) is 10.6 Å². The average Bonchev–Trinajstić information content (AvgIpc) is 3.16. The molecule has 3 amide bonds. The Labute approximate surface area is 141 Å². The Morgan fingerprint density at radius 3 is 2.58 bits per heavy atom. The molecule has 1 aromatic rings. The van der Waals surface area contributed by atoms with Crippen LogP contribution in [0.3, 0.4) is 0 Å². The summed E-state index contributed by atoms with van der Waals surface area (Å²) in [5.74, 6) is 1.38. The number of benzene rings is 1. The second-order valence-electron chi connectivity index (χ2n) is 7.15. The summed E-state index contributed by atoms with van der Waals surface area (Å²) in [6.45, 7) is 0.906. The molecule has 2 aliphatic carbocycles. The van der Waals surface area contributed by atoms with E-state index in [1.807, 2.05) is 24.3 Å². The molecule has 2 bridgehead atoms. The number of aliphatic hydroxyl groups excluding tert-OH is 1. The smallest absolute Gasteiger partial charge is 0.319 e. The van der Waals surface area contributed by atoms with Gasteiger partial charge in [-0.2, -0.15) is 0 Å². The first-order valence-corrected chi connectivity index (χ1v) is 8.74. The minimum absolute atomic E-state index is 0.0757. The van der Waals surface area contributed by atoms with E-state index in [-0.39, 0.29) is 30.5 Å².